The Hall–Kier alpha value is -3.27. The smallest absolute Gasteiger partial charge is 0.200 e. The first-order chi connectivity index (χ1) is 13.7. The molecule has 0 fully saturated rings. The molecule has 3 aromatic rings. The van der Waals surface area contributed by atoms with Crippen molar-refractivity contribution in [3.63, 3.8) is 0 Å². The molecule has 138 valence electrons. The van der Waals surface area contributed by atoms with E-state index in [2.05, 4.69) is 41.4 Å². The average molecular weight is 368 g/mol. The minimum atomic E-state index is -1.09. The summed E-state index contributed by atoms with van der Waals surface area (Å²) < 4.78 is 6.43. The van der Waals surface area contributed by atoms with Crippen LogP contribution >= 0.6 is 0 Å². The Labute approximate surface area is 163 Å². The molecular weight excluding hydrogens is 348 g/mol. The lowest BCUT2D eigenvalue weighted by Crippen LogP contribution is -2.51. The summed E-state index contributed by atoms with van der Waals surface area (Å²) in [6.45, 7) is 2.53. The largest absolute Gasteiger partial charge is 0.482 e. The van der Waals surface area contributed by atoms with Crippen LogP contribution in [0.5, 0.6) is 5.75 Å². The van der Waals surface area contributed by atoms with Crippen LogP contribution in [0.4, 0.5) is 0 Å². The Morgan fingerprint density at radius 2 is 1.61 bits per heavy atom. The quantitative estimate of drug-likeness (QED) is 0.616. The SMILES string of the molecule is Cc1ccc([C@H]2CN=N[C@@]23C(=O)c2ccccc2O[C@H]3c2ccccc2)cc1. The normalized spacial score (nSPS) is 25.5. The standard InChI is InChI=1S/C24H20N2O2/c1-16-11-13-17(14-12-16)20-15-25-26-24(20)22(27)19-9-5-6-10-21(19)28-23(24)18-7-3-2-4-8-18/h2-14,20,23H,15H2,1H3/t20-,23+,24-/m1/s1. The molecule has 2 aliphatic heterocycles. The van der Waals surface area contributed by atoms with E-state index in [1.165, 1.54) is 5.56 Å². The Balaban J connectivity index is 1.72. The molecule has 0 amide bonds. The molecular formula is C24H20N2O2. The lowest BCUT2D eigenvalue weighted by molar-refractivity contribution is 0.0521. The van der Waals surface area contributed by atoms with Gasteiger partial charge in [-0.05, 0) is 30.2 Å². The van der Waals surface area contributed by atoms with Crippen molar-refractivity contribution in [3.05, 3.63) is 101 Å². The number of carbonyl (C=O) groups excluding carboxylic acids is 1. The zero-order valence-electron chi connectivity index (χ0n) is 15.6. The van der Waals surface area contributed by atoms with Crippen molar-refractivity contribution in [2.45, 2.75) is 24.5 Å². The first kappa shape index (κ1) is 16.9. The highest BCUT2D eigenvalue weighted by molar-refractivity contribution is 6.08. The van der Waals surface area contributed by atoms with Gasteiger partial charge in [0.05, 0.1) is 12.1 Å². The lowest BCUT2D eigenvalue weighted by atomic mass is 9.69. The predicted octanol–water partition coefficient (Wildman–Crippen LogP) is 5.30. The van der Waals surface area contributed by atoms with Crippen molar-refractivity contribution in [2.75, 3.05) is 6.54 Å². The zero-order chi connectivity index (χ0) is 19.1. The highest BCUT2D eigenvalue weighted by Crippen LogP contribution is 2.52. The molecule has 0 N–H and O–H groups in total. The Kier molecular flexibility index (Phi) is 3.86. The average Bonchev–Trinajstić information content (AvgIpc) is 3.17. The molecule has 3 atom stereocenters. The van der Waals surface area contributed by atoms with Gasteiger partial charge in [-0.25, -0.2) is 0 Å². The molecule has 0 saturated heterocycles. The third-order valence-corrected chi connectivity index (χ3v) is 5.75. The van der Waals surface area contributed by atoms with Gasteiger partial charge in [0, 0.05) is 5.92 Å². The van der Waals surface area contributed by atoms with Crippen molar-refractivity contribution in [3.8, 4) is 5.75 Å². The van der Waals surface area contributed by atoms with Crippen molar-refractivity contribution >= 4 is 5.78 Å². The zero-order valence-corrected chi connectivity index (χ0v) is 15.6. The summed E-state index contributed by atoms with van der Waals surface area (Å²) in [5.74, 6) is 0.422. The number of rotatable bonds is 2. The molecule has 2 aliphatic rings. The van der Waals surface area contributed by atoms with Gasteiger partial charge in [0.25, 0.3) is 0 Å². The maximum atomic E-state index is 13.8. The minimum absolute atomic E-state index is 0.0185. The van der Waals surface area contributed by atoms with E-state index in [1.807, 2.05) is 54.6 Å². The summed E-state index contributed by atoms with van der Waals surface area (Å²) in [7, 11) is 0. The van der Waals surface area contributed by atoms with Gasteiger partial charge in [0.15, 0.2) is 11.6 Å². The summed E-state index contributed by atoms with van der Waals surface area (Å²) in [4.78, 5) is 13.8. The molecule has 0 bridgehead atoms. The second-order valence-corrected chi connectivity index (χ2v) is 7.45. The molecule has 4 nitrogen and oxygen atoms in total. The molecule has 5 rings (SSSR count). The van der Waals surface area contributed by atoms with E-state index in [0.29, 0.717) is 17.9 Å². The maximum Gasteiger partial charge on any atom is 0.200 e. The first-order valence-corrected chi connectivity index (χ1v) is 9.51. The number of benzene rings is 3. The van der Waals surface area contributed by atoms with Gasteiger partial charge in [-0.2, -0.15) is 10.2 Å². The van der Waals surface area contributed by atoms with E-state index >= 15 is 0 Å². The maximum absolute atomic E-state index is 13.8. The highest BCUT2D eigenvalue weighted by atomic mass is 16.5. The van der Waals surface area contributed by atoms with Crippen LogP contribution in [0.1, 0.15) is 39.1 Å². The molecule has 2 heterocycles. The first-order valence-electron chi connectivity index (χ1n) is 9.51. The number of hydrogen-bond donors (Lipinski definition) is 0. The lowest BCUT2D eigenvalue weighted by Gasteiger charge is -2.41. The van der Waals surface area contributed by atoms with Gasteiger partial charge in [-0.15, -0.1) is 0 Å². The Morgan fingerprint density at radius 1 is 0.893 bits per heavy atom. The number of carbonyl (C=O) groups is 1. The number of ether oxygens (including phenoxy) is 1. The van der Waals surface area contributed by atoms with Crippen molar-refractivity contribution < 1.29 is 9.53 Å². The van der Waals surface area contributed by atoms with Gasteiger partial charge in [0.1, 0.15) is 5.75 Å². The summed E-state index contributed by atoms with van der Waals surface area (Å²) in [5, 5.41) is 8.96. The number of aryl methyl sites for hydroxylation is 1. The third-order valence-electron chi connectivity index (χ3n) is 5.75. The van der Waals surface area contributed by atoms with E-state index < -0.39 is 11.6 Å². The number of para-hydroxylation sites is 1. The van der Waals surface area contributed by atoms with Gasteiger partial charge in [-0.3, -0.25) is 4.79 Å². The minimum Gasteiger partial charge on any atom is -0.482 e. The van der Waals surface area contributed by atoms with Crippen LogP contribution in [0.2, 0.25) is 0 Å². The van der Waals surface area contributed by atoms with Crippen LogP contribution in [-0.4, -0.2) is 17.9 Å². The fraction of sp³-hybridized carbons (Fsp3) is 0.208. The number of fused-ring (bicyclic) bond motifs is 1. The van der Waals surface area contributed by atoms with E-state index in [-0.39, 0.29) is 11.7 Å². The Morgan fingerprint density at radius 3 is 2.39 bits per heavy atom. The monoisotopic (exact) mass is 368 g/mol. The molecule has 0 radical (unpaired) electrons. The Bertz CT molecular complexity index is 1060. The van der Waals surface area contributed by atoms with Crippen LogP contribution in [0.15, 0.2) is 89.1 Å². The molecule has 0 aromatic heterocycles. The van der Waals surface area contributed by atoms with Crippen LogP contribution in [0, 0.1) is 6.92 Å². The third kappa shape index (κ3) is 2.41. The molecule has 28 heavy (non-hydrogen) atoms. The molecule has 1 spiro atoms. The van der Waals surface area contributed by atoms with Crippen LogP contribution in [0.3, 0.4) is 0 Å². The van der Waals surface area contributed by atoms with E-state index in [0.717, 1.165) is 11.1 Å². The number of azo groups is 1. The second kappa shape index (κ2) is 6.41. The van der Waals surface area contributed by atoms with Crippen molar-refractivity contribution in [2.24, 2.45) is 10.2 Å². The van der Waals surface area contributed by atoms with Gasteiger partial charge in [0.2, 0.25) is 5.78 Å². The van der Waals surface area contributed by atoms with Crippen LogP contribution < -0.4 is 4.74 Å². The number of nitrogens with zero attached hydrogens (tertiary/aromatic N) is 2. The van der Waals surface area contributed by atoms with Crippen molar-refractivity contribution in [1.29, 1.82) is 0 Å². The number of hydrogen-bond acceptors (Lipinski definition) is 4. The van der Waals surface area contributed by atoms with Gasteiger partial charge in [-0.1, -0.05) is 72.3 Å². The van der Waals surface area contributed by atoms with Gasteiger partial charge >= 0.3 is 0 Å². The molecule has 0 unspecified atom stereocenters. The van der Waals surface area contributed by atoms with E-state index in [1.54, 1.807) is 0 Å². The number of ketones is 1. The highest BCUT2D eigenvalue weighted by Gasteiger charge is 2.60. The fourth-order valence-electron chi connectivity index (χ4n) is 4.30. The van der Waals surface area contributed by atoms with Crippen molar-refractivity contribution in [1.82, 2.24) is 0 Å². The molecule has 3 aromatic carbocycles. The van der Waals surface area contributed by atoms with Crippen LogP contribution in [0.25, 0.3) is 0 Å². The summed E-state index contributed by atoms with van der Waals surface area (Å²) in [6.07, 6.45) is -0.520. The summed E-state index contributed by atoms with van der Waals surface area (Å²) in [5.41, 5.74) is 2.66. The molecule has 4 heteroatoms. The van der Waals surface area contributed by atoms with Crippen LogP contribution in [-0.2, 0) is 0 Å². The van der Waals surface area contributed by atoms with E-state index in [4.69, 9.17) is 4.74 Å². The molecule has 0 aliphatic carbocycles. The summed E-state index contributed by atoms with van der Waals surface area (Å²) >= 11 is 0. The summed E-state index contributed by atoms with van der Waals surface area (Å²) in [6, 6.07) is 25.6. The number of Topliss-reactive ketones (excluding diaryl/α,β-unsaturated/α-hetero) is 1. The predicted molar refractivity (Wildman–Crippen MR) is 107 cm³/mol. The molecule has 0 saturated carbocycles. The fourth-order valence-corrected chi connectivity index (χ4v) is 4.30. The second-order valence-electron chi connectivity index (χ2n) is 7.45. The van der Waals surface area contributed by atoms with Gasteiger partial charge < -0.3 is 4.74 Å². The van der Waals surface area contributed by atoms with E-state index in [9.17, 15) is 4.79 Å². The topological polar surface area (TPSA) is 51.0 Å².